The van der Waals surface area contributed by atoms with Gasteiger partial charge in [-0.2, -0.15) is 0 Å². The van der Waals surface area contributed by atoms with Crippen molar-refractivity contribution in [1.29, 1.82) is 0 Å². The molecule has 5 rings (SSSR count). The van der Waals surface area contributed by atoms with Gasteiger partial charge in [-0.15, -0.1) is 0 Å². The van der Waals surface area contributed by atoms with Crippen LogP contribution in [0.15, 0.2) is 56.1 Å². The van der Waals surface area contributed by atoms with Crippen LogP contribution in [-0.4, -0.2) is 22.9 Å². The highest BCUT2D eigenvalue weighted by molar-refractivity contribution is 5.87. The number of benzene rings is 2. The second kappa shape index (κ2) is 7.87. The highest BCUT2D eigenvalue weighted by Gasteiger charge is 2.36. The third-order valence-corrected chi connectivity index (χ3v) is 6.67. The minimum absolute atomic E-state index is 0.0602. The molecule has 0 saturated heterocycles. The van der Waals surface area contributed by atoms with Crippen LogP contribution in [0.4, 0.5) is 5.69 Å². The zero-order valence-electron chi connectivity index (χ0n) is 19.5. The number of carbonyl (C=O) groups is 1. The number of nitrogens with zero attached hydrogens (tertiary/aromatic N) is 2. The fourth-order valence-electron chi connectivity index (χ4n) is 5.14. The normalized spacial score (nSPS) is 17.5. The molecule has 0 amide bonds. The Labute approximate surface area is 192 Å². The van der Waals surface area contributed by atoms with E-state index >= 15 is 0 Å². The summed E-state index contributed by atoms with van der Waals surface area (Å²) in [5, 5.41) is 0.848. The van der Waals surface area contributed by atoms with Gasteiger partial charge in [-0.25, -0.2) is 9.78 Å². The molecule has 0 radical (unpaired) electrons. The molecular weight excluding hydrogens is 416 g/mol. The highest BCUT2D eigenvalue weighted by atomic mass is 16.4. The van der Waals surface area contributed by atoms with Gasteiger partial charge in [0.1, 0.15) is 22.4 Å². The van der Waals surface area contributed by atoms with Gasteiger partial charge in [0.2, 0.25) is 5.89 Å². The maximum absolute atomic E-state index is 12.9. The second-order valence-corrected chi connectivity index (χ2v) is 9.76. The van der Waals surface area contributed by atoms with E-state index in [9.17, 15) is 9.59 Å². The van der Waals surface area contributed by atoms with E-state index in [1.807, 2.05) is 36.4 Å². The maximum Gasteiger partial charge on any atom is 0.349 e. The summed E-state index contributed by atoms with van der Waals surface area (Å²) in [7, 11) is 0. The Morgan fingerprint density at radius 3 is 2.70 bits per heavy atom. The molecule has 4 aromatic rings. The molecule has 0 N–H and O–H groups in total. The van der Waals surface area contributed by atoms with Crippen LogP contribution in [0.5, 0.6) is 0 Å². The lowest BCUT2D eigenvalue weighted by molar-refractivity contribution is -0.117. The van der Waals surface area contributed by atoms with Crippen LogP contribution < -0.4 is 10.5 Å². The number of hydrogen-bond donors (Lipinski definition) is 0. The molecule has 3 heterocycles. The van der Waals surface area contributed by atoms with Crippen molar-refractivity contribution in [2.75, 3.05) is 11.4 Å². The van der Waals surface area contributed by atoms with Crippen LogP contribution >= 0.6 is 0 Å². The van der Waals surface area contributed by atoms with Crippen LogP contribution in [0.1, 0.15) is 58.4 Å². The monoisotopic (exact) mass is 444 g/mol. The number of aromatic nitrogens is 1. The van der Waals surface area contributed by atoms with Crippen molar-refractivity contribution in [3.63, 3.8) is 0 Å². The number of carbonyl (C=O) groups excluding carboxylic acids is 1. The number of Topliss-reactive ketones (excluding diaryl/α,β-unsaturated/α-hetero) is 1. The van der Waals surface area contributed by atoms with Gasteiger partial charge >= 0.3 is 5.63 Å². The lowest BCUT2D eigenvalue weighted by Crippen LogP contribution is -2.48. The van der Waals surface area contributed by atoms with Crippen molar-refractivity contribution in [1.82, 2.24) is 4.98 Å². The van der Waals surface area contributed by atoms with Gasteiger partial charge in [0.05, 0.1) is 0 Å². The Kier molecular flexibility index (Phi) is 5.11. The SMILES string of the molecule is CC(=O)CCCN1c2cc3oc(=O)c(-c4nc5ccccc5o4)cc3cc2C(C)CC1(C)C. The summed E-state index contributed by atoms with van der Waals surface area (Å²) in [5.41, 5.74) is 3.97. The van der Waals surface area contributed by atoms with Gasteiger partial charge in [-0.1, -0.05) is 19.1 Å². The number of hydrogen-bond acceptors (Lipinski definition) is 6. The smallest absolute Gasteiger partial charge is 0.349 e. The van der Waals surface area contributed by atoms with E-state index < -0.39 is 5.63 Å². The van der Waals surface area contributed by atoms with Crippen LogP contribution in [0, 0.1) is 0 Å². The van der Waals surface area contributed by atoms with Gasteiger partial charge in [0, 0.05) is 35.6 Å². The summed E-state index contributed by atoms with van der Waals surface area (Å²) in [6, 6.07) is 13.4. The average Bonchev–Trinajstić information content (AvgIpc) is 3.18. The first kappa shape index (κ1) is 21.4. The molecule has 170 valence electrons. The van der Waals surface area contributed by atoms with E-state index in [4.69, 9.17) is 8.83 Å². The molecule has 1 aliphatic heterocycles. The first-order chi connectivity index (χ1) is 15.7. The predicted molar refractivity (Wildman–Crippen MR) is 130 cm³/mol. The Bertz CT molecular complexity index is 1400. The van der Waals surface area contributed by atoms with Crippen molar-refractivity contribution < 1.29 is 13.6 Å². The first-order valence-corrected chi connectivity index (χ1v) is 11.5. The molecule has 0 spiro atoms. The molecule has 2 aromatic carbocycles. The lowest BCUT2D eigenvalue weighted by atomic mass is 9.79. The van der Waals surface area contributed by atoms with Crippen molar-refractivity contribution in [3.05, 3.63) is 58.4 Å². The molecule has 0 fully saturated rings. The number of anilines is 1. The molecule has 0 bridgehead atoms. The van der Waals surface area contributed by atoms with E-state index in [-0.39, 0.29) is 17.2 Å². The molecular formula is C27H28N2O4. The van der Waals surface area contributed by atoms with Crippen LogP contribution in [0.3, 0.4) is 0 Å². The predicted octanol–water partition coefficient (Wildman–Crippen LogP) is 6.06. The van der Waals surface area contributed by atoms with Gasteiger partial charge < -0.3 is 18.5 Å². The Hall–Kier alpha value is -3.41. The molecule has 33 heavy (non-hydrogen) atoms. The second-order valence-electron chi connectivity index (χ2n) is 9.76. The topological polar surface area (TPSA) is 76.6 Å². The number of ketones is 1. The average molecular weight is 445 g/mol. The standard InChI is InChI=1S/C27H28N2O4/c1-16-15-27(3,4)29(11-7-8-17(2)30)22-14-24-18(12-19(16)22)13-20(26(31)33-24)25-28-21-9-5-6-10-23(21)32-25/h5-6,9-10,12-14,16H,7-8,11,15H2,1-4H3. The van der Waals surface area contributed by atoms with E-state index in [1.165, 1.54) is 5.56 Å². The van der Waals surface area contributed by atoms with Crippen molar-refractivity contribution in [3.8, 4) is 11.5 Å². The summed E-state index contributed by atoms with van der Waals surface area (Å²) < 4.78 is 11.6. The van der Waals surface area contributed by atoms with E-state index in [0.717, 1.165) is 30.5 Å². The van der Waals surface area contributed by atoms with Crippen molar-refractivity contribution >= 4 is 33.5 Å². The summed E-state index contributed by atoms with van der Waals surface area (Å²) >= 11 is 0. The van der Waals surface area contributed by atoms with Gasteiger partial charge in [-0.3, -0.25) is 0 Å². The summed E-state index contributed by atoms with van der Waals surface area (Å²) in [6.07, 6.45) is 2.36. The zero-order chi connectivity index (χ0) is 23.3. The molecule has 2 aromatic heterocycles. The number of oxazole rings is 1. The quantitative estimate of drug-likeness (QED) is 0.348. The van der Waals surface area contributed by atoms with Crippen molar-refractivity contribution in [2.24, 2.45) is 0 Å². The van der Waals surface area contributed by atoms with Gasteiger partial charge in [-0.05, 0) is 69.4 Å². The van der Waals surface area contributed by atoms with E-state index in [0.29, 0.717) is 34.6 Å². The minimum atomic E-state index is -0.472. The fraction of sp³-hybridized carbons (Fsp3) is 0.370. The maximum atomic E-state index is 12.9. The lowest BCUT2D eigenvalue weighted by Gasteiger charge is -2.47. The summed E-state index contributed by atoms with van der Waals surface area (Å²) in [4.78, 5) is 31.2. The first-order valence-electron chi connectivity index (χ1n) is 11.5. The number of para-hydroxylation sites is 2. The minimum Gasteiger partial charge on any atom is -0.436 e. The Morgan fingerprint density at radius 2 is 1.94 bits per heavy atom. The van der Waals surface area contributed by atoms with E-state index in [1.54, 1.807) is 6.92 Å². The zero-order valence-corrected chi connectivity index (χ0v) is 19.5. The van der Waals surface area contributed by atoms with Gasteiger partial charge in [0.25, 0.3) is 0 Å². The number of rotatable bonds is 5. The highest BCUT2D eigenvalue weighted by Crippen LogP contribution is 2.45. The number of fused-ring (bicyclic) bond motifs is 3. The molecule has 1 aliphatic rings. The largest absolute Gasteiger partial charge is 0.436 e. The van der Waals surface area contributed by atoms with Crippen LogP contribution in [0.2, 0.25) is 0 Å². The van der Waals surface area contributed by atoms with Gasteiger partial charge in [0.15, 0.2) is 5.58 Å². The van der Waals surface area contributed by atoms with Crippen LogP contribution in [-0.2, 0) is 4.79 Å². The molecule has 6 nitrogen and oxygen atoms in total. The molecule has 1 atom stereocenters. The third kappa shape index (κ3) is 3.84. The molecule has 1 unspecified atom stereocenters. The fourth-order valence-corrected chi connectivity index (χ4v) is 5.14. The van der Waals surface area contributed by atoms with Crippen LogP contribution in [0.25, 0.3) is 33.5 Å². The Morgan fingerprint density at radius 1 is 1.15 bits per heavy atom. The van der Waals surface area contributed by atoms with Crippen molar-refractivity contribution in [2.45, 2.75) is 58.4 Å². The molecule has 0 saturated carbocycles. The summed E-state index contributed by atoms with van der Waals surface area (Å²) in [6.45, 7) is 9.12. The third-order valence-electron chi connectivity index (χ3n) is 6.67. The molecule has 6 heteroatoms. The van der Waals surface area contributed by atoms with E-state index in [2.05, 4.69) is 36.7 Å². The summed E-state index contributed by atoms with van der Waals surface area (Å²) in [5.74, 6) is 0.822. The Balaban J connectivity index is 1.61. The molecule has 0 aliphatic carbocycles.